The van der Waals surface area contributed by atoms with Crippen LogP contribution >= 0.6 is 30.8 Å². The molecule has 0 radical (unpaired) electrons. The van der Waals surface area contributed by atoms with Crippen LogP contribution in [0.15, 0.2) is 96.3 Å². The van der Waals surface area contributed by atoms with Gasteiger partial charge in [0.15, 0.2) is 13.3 Å². The van der Waals surface area contributed by atoms with Gasteiger partial charge in [-0.25, -0.2) is 14.5 Å². The topological polar surface area (TPSA) is 95.8 Å². The lowest BCUT2D eigenvalue weighted by Crippen LogP contribution is -2.06. The summed E-state index contributed by atoms with van der Waals surface area (Å²) in [4.78, 5) is 29.4. The number of nitrogens with zero attached hydrogens (tertiary/aromatic N) is 4. The smallest absolute Gasteiger partial charge is 0.174 e. The molecule has 0 bridgehead atoms. The highest BCUT2D eigenvalue weighted by atomic mass is 32.7. The van der Waals surface area contributed by atoms with Gasteiger partial charge in [0.25, 0.3) is 0 Å². The average Bonchev–Trinajstić information content (AvgIpc) is 2.95. The van der Waals surface area contributed by atoms with E-state index in [1.165, 1.54) is 23.3 Å². The molecule has 3 N–H and O–H groups in total. The van der Waals surface area contributed by atoms with Crippen molar-refractivity contribution in [1.82, 2.24) is 24.4 Å². The maximum atomic E-state index is 9.87. The molecular formula is C26H23N6OPS2. The van der Waals surface area contributed by atoms with Crippen molar-refractivity contribution in [2.24, 2.45) is 0 Å². The maximum Gasteiger partial charge on any atom is 0.174 e. The molecule has 180 valence electrons. The minimum absolute atomic E-state index is 0.530. The summed E-state index contributed by atoms with van der Waals surface area (Å²) < 4.78 is 3.03. The average molecular weight is 531 g/mol. The molecule has 7 nitrogen and oxygen atoms in total. The second kappa shape index (κ2) is 11.8. The number of anilines is 1. The number of hydrogen-bond donors (Lipinski definition) is 3. The Morgan fingerprint density at radius 3 is 2.58 bits per heavy atom. The van der Waals surface area contributed by atoms with Crippen LogP contribution < -0.4 is 9.81 Å². The molecule has 0 saturated carbocycles. The summed E-state index contributed by atoms with van der Waals surface area (Å²) >= 11 is 2.72. The molecule has 0 aliphatic rings. The van der Waals surface area contributed by atoms with Crippen molar-refractivity contribution in [2.45, 2.75) is 11.4 Å². The van der Waals surface area contributed by atoms with Gasteiger partial charge < -0.3 is 10.2 Å². The molecule has 10 heteroatoms. The Bertz CT molecular complexity index is 1460. The fourth-order valence-corrected chi connectivity index (χ4v) is 6.04. The van der Waals surface area contributed by atoms with Crippen LogP contribution in [0.4, 0.5) is 5.82 Å². The molecule has 2 aromatic carbocycles. The summed E-state index contributed by atoms with van der Waals surface area (Å²) in [6.45, 7) is 0.530. The maximum absolute atomic E-state index is 9.87. The van der Waals surface area contributed by atoms with Gasteiger partial charge in [0.1, 0.15) is 5.82 Å². The van der Waals surface area contributed by atoms with Gasteiger partial charge >= 0.3 is 0 Å². The fraction of sp³-hybridized carbons (Fsp3) is 0.0769. The largest absolute Gasteiger partial charge is 0.364 e. The van der Waals surface area contributed by atoms with Gasteiger partial charge in [0.05, 0.1) is 23.1 Å². The van der Waals surface area contributed by atoms with Crippen LogP contribution in [0, 0.1) is 0 Å². The van der Waals surface area contributed by atoms with Gasteiger partial charge in [-0.05, 0) is 53.6 Å². The lowest BCUT2D eigenvalue weighted by atomic mass is 10.0. The quantitative estimate of drug-likeness (QED) is 0.145. The number of hydrogen-bond acceptors (Lipinski definition) is 9. The van der Waals surface area contributed by atoms with Crippen LogP contribution in [-0.4, -0.2) is 31.1 Å². The Kier molecular flexibility index (Phi) is 8.05. The Labute approximate surface area is 219 Å². The zero-order chi connectivity index (χ0) is 24.7. The van der Waals surface area contributed by atoms with E-state index in [0.29, 0.717) is 12.4 Å². The second-order valence-corrected chi connectivity index (χ2v) is 12.1. The molecule has 0 spiro atoms. The van der Waals surface area contributed by atoms with Crippen molar-refractivity contribution < 1.29 is 4.89 Å². The molecule has 3 aromatic heterocycles. The van der Waals surface area contributed by atoms with Gasteiger partial charge in [-0.1, -0.05) is 59.9 Å². The van der Waals surface area contributed by atoms with Crippen molar-refractivity contribution >= 4 is 47.6 Å². The minimum Gasteiger partial charge on any atom is -0.364 e. The third-order valence-corrected chi connectivity index (χ3v) is 8.86. The summed E-state index contributed by atoms with van der Waals surface area (Å²) in [5.74, 6) is 1.31. The first-order valence-electron chi connectivity index (χ1n) is 11.1. The SMILES string of the molecule is CSP(O)NSc1cncc(-c2nc(NCc3ccccn3)c3c(-c4ccccc4)cccc3n2)c1. The van der Waals surface area contributed by atoms with Crippen LogP contribution in [0.5, 0.6) is 0 Å². The van der Waals surface area contributed by atoms with Crippen LogP contribution in [0.2, 0.25) is 0 Å². The highest BCUT2D eigenvalue weighted by Crippen LogP contribution is 2.42. The summed E-state index contributed by atoms with van der Waals surface area (Å²) in [5.41, 5.74) is 4.70. The standard InChI is InChI=1S/C26H23N6OPS2/c1-35-34(33)32-36-21-14-19(15-27-17-21)25-30-23-12-7-11-22(18-8-3-2-4-9-18)24(23)26(31-25)29-16-20-10-5-6-13-28-20/h2-15,17,32-33H,16H2,1H3,(H,29,30,31). The van der Waals surface area contributed by atoms with E-state index in [1.807, 2.05) is 60.9 Å². The zero-order valence-electron chi connectivity index (χ0n) is 19.4. The lowest BCUT2D eigenvalue weighted by Gasteiger charge is -2.15. The van der Waals surface area contributed by atoms with Crippen molar-refractivity contribution in [2.75, 3.05) is 11.6 Å². The van der Waals surface area contributed by atoms with E-state index in [2.05, 4.69) is 38.0 Å². The van der Waals surface area contributed by atoms with Crippen molar-refractivity contribution in [3.05, 3.63) is 97.1 Å². The second-order valence-electron chi connectivity index (χ2n) is 7.69. The number of nitrogens with one attached hydrogen (secondary N) is 2. The Morgan fingerprint density at radius 1 is 0.917 bits per heavy atom. The number of benzene rings is 2. The highest BCUT2D eigenvalue weighted by molar-refractivity contribution is 8.54. The third kappa shape index (κ3) is 5.83. The van der Waals surface area contributed by atoms with Crippen LogP contribution in [-0.2, 0) is 6.54 Å². The van der Waals surface area contributed by atoms with E-state index in [4.69, 9.17) is 9.97 Å². The number of aromatic nitrogens is 4. The van der Waals surface area contributed by atoms with E-state index in [0.717, 1.165) is 44.0 Å². The summed E-state index contributed by atoms with van der Waals surface area (Å²) in [6, 6.07) is 24.2. The summed E-state index contributed by atoms with van der Waals surface area (Å²) in [5, 5.41) is 4.45. The first-order chi connectivity index (χ1) is 17.7. The molecule has 0 aliphatic heterocycles. The van der Waals surface area contributed by atoms with E-state index in [-0.39, 0.29) is 0 Å². The van der Waals surface area contributed by atoms with E-state index >= 15 is 0 Å². The Balaban J connectivity index is 1.58. The van der Waals surface area contributed by atoms with Gasteiger partial charge in [-0.15, -0.1) is 0 Å². The normalized spacial score (nSPS) is 11.9. The Morgan fingerprint density at radius 2 is 1.78 bits per heavy atom. The summed E-state index contributed by atoms with van der Waals surface area (Å²) in [6.07, 6.45) is 7.15. The number of pyridine rings is 2. The van der Waals surface area contributed by atoms with E-state index < -0.39 is 7.50 Å². The number of rotatable bonds is 9. The molecule has 36 heavy (non-hydrogen) atoms. The summed E-state index contributed by atoms with van der Waals surface area (Å²) in [7, 11) is -1.29. The third-order valence-electron chi connectivity index (χ3n) is 5.36. The van der Waals surface area contributed by atoms with E-state index in [9.17, 15) is 4.89 Å². The van der Waals surface area contributed by atoms with Gasteiger partial charge in [0.2, 0.25) is 0 Å². The van der Waals surface area contributed by atoms with Crippen LogP contribution in [0.1, 0.15) is 5.69 Å². The molecule has 0 saturated heterocycles. The van der Waals surface area contributed by atoms with Crippen LogP contribution in [0.3, 0.4) is 0 Å². The fourth-order valence-electron chi connectivity index (χ4n) is 3.70. The number of fused-ring (bicyclic) bond motifs is 1. The molecule has 1 atom stereocenters. The first-order valence-corrected chi connectivity index (χ1v) is 15.1. The first kappa shape index (κ1) is 24.6. The highest BCUT2D eigenvalue weighted by Gasteiger charge is 2.15. The Hall–Kier alpha value is -3.07. The monoisotopic (exact) mass is 530 g/mol. The predicted octanol–water partition coefficient (Wildman–Crippen LogP) is 6.54. The molecule has 0 fully saturated rings. The zero-order valence-corrected chi connectivity index (χ0v) is 21.9. The molecule has 0 amide bonds. The van der Waals surface area contributed by atoms with Crippen LogP contribution in [0.25, 0.3) is 33.4 Å². The minimum atomic E-state index is -1.29. The van der Waals surface area contributed by atoms with Crippen molar-refractivity contribution in [1.29, 1.82) is 0 Å². The molecule has 3 heterocycles. The van der Waals surface area contributed by atoms with E-state index in [1.54, 1.807) is 18.6 Å². The van der Waals surface area contributed by atoms with Gasteiger partial charge in [0, 0.05) is 29.0 Å². The van der Waals surface area contributed by atoms with Crippen molar-refractivity contribution in [3.8, 4) is 22.5 Å². The molecule has 0 aliphatic carbocycles. The lowest BCUT2D eigenvalue weighted by molar-refractivity contribution is 0.639. The van der Waals surface area contributed by atoms with Gasteiger partial charge in [-0.3, -0.25) is 9.97 Å². The van der Waals surface area contributed by atoms with Gasteiger partial charge in [-0.2, -0.15) is 0 Å². The molecular weight excluding hydrogens is 507 g/mol. The molecule has 5 rings (SSSR count). The molecule has 5 aromatic rings. The predicted molar refractivity (Wildman–Crippen MR) is 151 cm³/mol. The molecule has 1 unspecified atom stereocenters. The van der Waals surface area contributed by atoms with Crippen molar-refractivity contribution in [3.63, 3.8) is 0 Å².